The van der Waals surface area contributed by atoms with E-state index in [9.17, 15) is 4.79 Å². The molecule has 0 saturated heterocycles. The highest BCUT2D eigenvalue weighted by molar-refractivity contribution is 5.82. The van der Waals surface area contributed by atoms with Gasteiger partial charge in [-0.3, -0.25) is 4.79 Å². The smallest absolute Gasteiger partial charge is 0.227 e. The molecule has 116 valence electrons. The minimum Gasteiger partial charge on any atom is -0.356 e. The molecule has 1 amide bonds. The molecule has 3 N–H and O–H groups in total. The second-order valence-corrected chi connectivity index (χ2v) is 6.95. The van der Waals surface area contributed by atoms with Crippen LogP contribution in [-0.4, -0.2) is 19.0 Å². The summed E-state index contributed by atoms with van der Waals surface area (Å²) >= 11 is 0. The van der Waals surface area contributed by atoms with Gasteiger partial charge in [-0.05, 0) is 31.6 Å². The largest absolute Gasteiger partial charge is 0.356 e. The SMILES string of the molecule is NCC1(C(=O)NCCCC2CCCC2)CCCCCC1. The van der Waals surface area contributed by atoms with E-state index in [1.165, 1.54) is 44.9 Å². The summed E-state index contributed by atoms with van der Waals surface area (Å²) in [4.78, 5) is 12.5. The predicted molar refractivity (Wildman–Crippen MR) is 83.4 cm³/mol. The van der Waals surface area contributed by atoms with Gasteiger partial charge in [-0.1, -0.05) is 51.4 Å². The van der Waals surface area contributed by atoms with Crippen molar-refractivity contribution < 1.29 is 4.79 Å². The Morgan fingerprint density at radius 1 is 1.05 bits per heavy atom. The zero-order valence-electron chi connectivity index (χ0n) is 13.0. The van der Waals surface area contributed by atoms with Gasteiger partial charge in [0.15, 0.2) is 0 Å². The van der Waals surface area contributed by atoms with Gasteiger partial charge in [0, 0.05) is 13.1 Å². The first-order valence-corrected chi connectivity index (χ1v) is 8.75. The maximum Gasteiger partial charge on any atom is 0.227 e. The molecule has 2 aliphatic rings. The van der Waals surface area contributed by atoms with Gasteiger partial charge in [0.2, 0.25) is 5.91 Å². The average molecular weight is 280 g/mol. The summed E-state index contributed by atoms with van der Waals surface area (Å²) in [5.74, 6) is 1.15. The van der Waals surface area contributed by atoms with Gasteiger partial charge in [-0.25, -0.2) is 0 Å². The Morgan fingerprint density at radius 2 is 1.70 bits per heavy atom. The molecule has 0 bridgehead atoms. The van der Waals surface area contributed by atoms with Crippen LogP contribution >= 0.6 is 0 Å². The number of hydrogen-bond acceptors (Lipinski definition) is 2. The molecular weight excluding hydrogens is 248 g/mol. The first kappa shape index (κ1) is 15.8. The molecule has 0 aromatic rings. The molecule has 3 heteroatoms. The normalized spacial score (nSPS) is 23.4. The van der Waals surface area contributed by atoms with E-state index < -0.39 is 0 Å². The van der Waals surface area contributed by atoms with Crippen molar-refractivity contribution in [2.45, 2.75) is 77.0 Å². The van der Waals surface area contributed by atoms with E-state index in [4.69, 9.17) is 5.73 Å². The number of hydrogen-bond donors (Lipinski definition) is 2. The van der Waals surface area contributed by atoms with E-state index in [1.807, 2.05) is 0 Å². The molecule has 0 unspecified atom stereocenters. The molecule has 0 radical (unpaired) electrons. The Labute approximate surface area is 124 Å². The van der Waals surface area contributed by atoms with E-state index in [1.54, 1.807) is 0 Å². The third-order valence-electron chi connectivity index (χ3n) is 5.48. The van der Waals surface area contributed by atoms with Crippen LogP contribution in [0.25, 0.3) is 0 Å². The van der Waals surface area contributed by atoms with Crippen molar-refractivity contribution in [1.82, 2.24) is 5.32 Å². The lowest BCUT2D eigenvalue weighted by Gasteiger charge is -2.30. The zero-order valence-corrected chi connectivity index (χ0v) is 13.0. The summed E-state index contributed by atoms with van der Waals surface area (Å²) in [6.45, 7) is 1.36. The van der Waals surface area contributed by atoms with Crippen LogP contribution in [0.2, 0.25) is 0 Å². The second kappa shape index (κ2) is 8.02. The maximum absolute atomic E-state index is 12.5. The van der Waals surface area contributed by atoms with Crippen LogP contribution in [0.1, 0.15) is 77.0 Å². The van der Waals surface area contributed by atoms with E-state index in [-0.39, 0.29) is 11.3 Å². The summed E-state index contributed by atoms with van der Waals surface area (Å²) in [7, 11) is 0. The van der Waals surface area contributed by atoms with Crippen molar-refractivity contribution in [2.24, 2.45) is 17.1 Å². The van der Waals surface area contributed by atoms with E-state index in [2.05, 4.69) is 5.32 Å². The van der Waals surface area contributed by atoms with Crippen LogP contribution in [0.4, 0.5) is 0 Å². The highest BCUT2D eigenvalue weighted by Crippen LogP contribution is 2.34. The molecule has 0 aliphatic heterocycles. The molecule has 0 spiro atoms. The van der Waals surface area contributed by atoms with Crippen molar-refractivity contribution in [2.75, 3.05) is 13.1 Å². The zero-order chi connectivity index (χ0) is 14.3. The lowest BCUT2D eigenvalue weighted by Crippen LogP contribution is -2.46. The molecule has 2 aliphatic carbocycles. The number of nitrogens with two attached hydrogens (primary N) is 1. The van der Waals surface area contributed by atoms with Gasteiger partial charge in [0.1, 0.15) is 0 Å². The van der Waals surface area contributed by atoms with Crippen molar-refractivity contribution in [3.8, 4) is 0 Å². The average Bonchev–Trinajstić information content (AvgIpc) is 2.86. The molecule has 2 saturated carbocycles. The van der Waals surface area contributed by atoms with E-state index >= 15 is 0 Å². The molecule has 0 aromatic heterocycles. The molecule has 2 rings (SSSR count). The highest BCUT2D eigenvalue weighted by Gasteiger charge is 2.36. The van der Waals surface area contributed by atoms with Crippen LogP contribution in [0, 0.1) is 11.3 Å². The second-order valence-electron chi connectivity index (χ2n) is 6.95. The van der Waals surface area contributed by atoms with Crippen LogP contribution in [0.15, 0.2) is 0 Å². The summed E-state index contributed by atoms with van der Waals surface area (Å²) < 4.78 is 0. The summed E-state index contributed by atoms with van der Waals surface area (Å²) in [6, 6.07) is 0. The fourth-order valence-electron chi connectivity index (χ4n) is 4.01. The highest BCUT2D eigenvalue weighted by atomic mass is 16.2. The third kappa shape index (κ3) is 4.21. The van der Waals surface area contributed by atoms with Crippen LogP contribution in [0.3, 0.4) is 0 Å². The summed E-state index contributed by atoms with van der Waals surface area (Å²) in [5.41, 5.74) is 5.69. The summed E-state index contributed by atoms with van der Waals surface area (Å²) in [6.07, 6.45) is 14.9. The fraction of sp³-hybridized carbons (Fsp3) is 0.941. The van der Waals surface area contributed by atoms with Crippen molar-refractivity contribution in [3.63, 3.8) is 0 Å². The standard InChI is InChI=1S/C17H32N2O/c18-14-17(11-5-1-2-6-12-17)16(20)19-13-7-10-15-8-3-4-9-15/h15H,1-14,18H2,(H,19,20). The van der Waals surface area contributed by atoms with Crippen molar-refractivity contribution >= 4 is 5.91 Å². The molecule has 0 heterocycles. The van der Waals surface area contributed by atoms with E-state index in [0.717, 1.165) is 44.6 Å². The van der Waals surface area contributed by atoms with Gasteiger partial charge < -0.3 is 11.1 Å². The quantitative estimate of drug-likeness (QED) is 0.579. The number of nitrogens with one attached hydrogen (secondary N) is 1. The van der Waals surface area contributed by atoms with Gasteiger partial charge >= 0.3 is 0 Å². The van der Waals surface area contributed by atoms with Crippen LogP contribution in [0.5, 0.6) is 0 Å². The van der Waals surface area contributed by atoms with Crippen LogP contribution < -0.4 is 11.1 Å². The fourth-order valence-corrected chi connectivity index (χ4v) is 4.01. The molecule has 3 nitrogen and oxygen atoms in total. The maximum atomic E-state index is 12.5. The Kier molecular flexibility index (Phi) is 6.34. The molecule has 2 fully saturated rings. The first-order chi connectivity index (χ1) is 9.77. The first-order valence-electron chi connectivity index (χ1n) is 8.75. The Morgan fingerprint density at radius 3 is 2.30 bits per heavy atom. The summed E-state index contributed by atoms with van der Waals surface area (Å²) in [5, 5.41) is 3.18. The predicted octanol–water partition coefficient (Wildman–Crippen LogP) is 3.37. The van der Waals surface area contributed by atoms with Crippen LogP contribution in [-0.2, 0) is 4.79 Å². The molecule has 0 aromatic carbocycles. The molecule has 20 heavy (non-hydrogen) atoms. The molecule has 0 atom stereocenters. The minimum absolute atomic E-state index is 0.230. The lowest BCUT2D eigenvalue weighted by atomic mass is 9.79. The number of rotatable bonds is 6. The van der Waals surface area contributed by atoms with Gasteiger partial charge in [0.05, 0.1) is 5.41 Å². The Bertz CT molecular complexity index is 289. The van der Waals surface area contributed by atoms with Gasteiger partial charge in [0.25, 0.3) is 0 Å². The number of amides is 1. The monoisotopic (exact) mass is 280 g/mol. The topological polar surface area (TPSA) is 55.1 Å². The number of carbonyl (C=O) groups excluding carboxylic acids is 1. The van der Waals surface area contributed by atoms with Gasteiger partial charge in [-0.2, -0.15) is 0 Å². The van der Waals surface area contributed by atoms with Crippen molar-refractivity contribution in [1.29, 1.82) is 0 Å². The molecular formula is C17H32N2O. The van der Waals surface area contributed by atoms with Crippen molar-refractivity contribution in [3.05, 3.63) is 0 Å². The van der Waals surface area contributed by atoms with E-state index in [0.29, 0.717) is 6.54 Å². The third-order valence-corrected chi connectivity index (χ3v) is 5.48. The lowest BCUT2D eigenvalue weighted by molar-refractivity contribution is -0.131. The minimum atomic E-state index is -0.260. The number of carbonyl (C=O) groups is 1. The Hall–Kier alpha value is -0.570. The van der Waals surface area contributed by atoms with Gasteiger partial charge in [-0.15, -0.1) is 0 Å². The Balaban J connectivity index is 1.71.